The maximum atomic E-state index is 12.7. The predicted molar refractivity (Wildman–Crippen MR) is 114 cm³/mol. The summed E-state index contributed by atoms with van der Waals surface area (Å²) < 4.78 is 42.5. The smallest absolute Gasteiger partial charge is 0.331 e. The van der Waals surface area contributed by atoms with Crippen molar-refractivity contribution in [3.8, 4) is 0 Å². The highest BCUT2D eigenvalue weighted by molar-refractivity contribution is 7.90. The fraction of sp³-hybridized carbons (Fsp3) is 0.500. The van der Waals surface area contributed by atoms with Gasteiger partial charge >= 0.3 is 5.97 Å². The van der Waals surface area contributed by atoms with E-state index in [0.29, 0.717) is 44.9 Å². The summed E-state index contributed by atoms with van der Waals surface area (Å²) in [5.74, 6) is -1.42. The van der Waals surface area contributed by atoms with E-state index in [4.69, 9.17) is 15.2 Å². The third-order valence-electron chi connectivity index (χ3n) is 4.76. The summed E-state index contributed by atoms with van der Waals surface area (Å²) in [5, 5.41) is 3.00. The van der Waals surface area contributed by atoms with Crippen LogP contribution in [0.25, 0.3) is 0 Å². The second-order valence-electron chi connectivity index (χ2n) is 7.04. The minimum absolute atomic E-state index is 0.0565. The Balaban J connectivity index is 1.78. The molecule has 1 aromatic rings. The lowest BCUT2D eigenvalue weighted by Gasteiger charge is -2.15. The number of amides is 1. The van der Waals surface area contributed by atoms with Crippen molar-refractivity contribution in [2.75, 3.05) is 45.4 Å². The Morgan fingerprint density at radius 2 is 1.97 bits per heavy atom. The van der Waals surface area contributed by atoms with Crippen LogP contribution in [0, 0.1) is 5.92 Å². The lowest BCUT2D eigenvalue weighted by Crippen LogP contribution is -2.46. The van der Waals surface area contributed by atoms with E-state index in [0.717, 1.165) is 0 Å². The number of sulfonamides is 1. The average molecular weight is 456 g/mol. The number of nitrogens with two attached hydrogens (primary N) is 1. The Kier molecular flexibility index (Phi) is 8.99. The molecule has 1 fully saturated rings. The second-order valence-corrected chi connectivity index (χ2v) is 8.69. The molecule has 10 nitrogen and oxygen atoms in total. The first-order chi connectivity index (χ1) is 14.7. The molecular weight excluding hydrogens is 426 g/mol. The van der Waals surface area contributed by atoms with Crippen molar-refractivity contribution in [3.63, 3.8) is 0 Å². The molecule has 2 rings (SSSR count). The molecular formula is C20H29N3O7S. The fourth-order valence-electron chi connectivity index (χ4n) is 2.82. The van der Waals surface area contributed by atoms with E-state index in [2.05, 4.69) is 21.4 Å². The molecule has 1 aromatic carbocycles. The summed E-state index contributed by atoms with van der Waals surface area (Å²) in [5.41, 5.74) is 5.05. The van der Waals surface area contributed by atoms with E-state index in [1.165, 1.54) is 13.2 Å². The molecule has 31 heavy (non-hydrogen) atoms. The van der Waals surface area contributed by atoms with Gasteiger partial charge in [0.2, 0.25) is 0 Å². The molecule has 1 aliphatic carbocycles. The highest BCUT2D eigenvalue weighted by Crippen LogP contribution is 2.42. The molecule has 11 heteroatoms. The number of hydrogen-bond acceptors (Lipinski definition) is 9. The first-order valence-corrected chi connectivity index (χ1v) is 11.3. The van der Waals surface area contributed by atoms with Crippen molar-refractivity contribution >= 4 is 27.6 Å². The van der Waals surface area contributed by atoms with Gasteiger partial charge in [-0.3, -0.25) is 4.79 Å². The first kappa shape index (κ1) is 24.8. The number of para-hydroxylation sites is 1. The molecule has 0 radical (unpaired) electrons. The number of methoxy groups -OCH3 is 1. The van der Waals surface area contributed by atoms with Gasteiger partial charge in [-0.1, -0.05) is 18.2 Å². The van der Waals surface area contributed by atoms with Crippen LogP contribution < -0.4 is 15.8 Å². The Hall–Kier alpha value is -2.47. The molecule has 4 N–H and O–H groups in total. The summed E-state index contributed by atoms with van der Waals surface area (Å²) in [6.07, 6.45) is 2.51. The van der Waals surface area contributed by atoms with Crippen molar-refractivity contribution in [1.29, 1.82) is 0 Å². The number of carbonyl (C=O) groups is 2. The number of ether oxygens (including phenoxy) is 3. The summed E-state index contributed by atoms with van der Waals surface area (Å²) in [7, 11) is -2.81. The van der Waals surface area contributed by atoms with Crippen LogP contribution in [0.15, 0.2) is 41.8 Å². The van der Waals surface area contributed by atoms with Gasteiger partial charge in [-0.15, -0.1) is 6.58 Å². The molecule has 0 spiro atoms. The van der Waals surface area contributed by atoms with E-state index in [9.17, 15) is 18.0 Å². The van der Waals surface area contributed by atoms with Gasteiger partial charge in [-0.25, -0.2) is 17.9 Å². The van der Waals surface area contributed by atoms with Crippen LogP contribution >= 0.6 is 0 Å². The summed E-state index contributed by atoms with van der Waals surface area (Å²) >= 11 is 0. The zero-order valence-electron chi connectivity index (χ0n) is 17.5. The number of hydrogen-bond donors (Lipinski definition) is 3. The monoisotopic (exact) mass is 455 g/mol. The van der Waals surface area contributed by atoms with Gasteiger partial charge < -0.3 is 25.3 Å². The largest absolute Gasteiger partial charge is 0.467 e. The van der Waals surface area contributed by atoms with Crippen LogP contribution in [-0.2, 0) is 33.8 Å². The molecule has 0 saturated heterocycles. The van der Waals surface area contributed by atoms with Crippen LogP contribution in [0.3, 0.4) is 0 Å². The van der Waals surface area contributed by atoms with Gasteiger partial charge in [0.15, 0.2) is 0 Å². The Morgan fingerprint density at radius 3 is 2.65 bits per heavy atom. The second kappa shape index (κ2) is 11.2. The number of nitrogens with one attached hydrogen (secondary N) is 2. The summed E-state index contributed by atoms with van der Waals surface area (Å²) in [6, 6.07) is 6.25. The maximum absolute atomic E-state index is 12.7. The molecule has 172 valence electrons. The molecule has 1 aliphatic rings. The van der Waals surface area contributed by atoms with Crippen LogP contribution in [0.4, 0.5) is 5.69 Å². The van der Waals surface area contributed by atoms with Gasteiger partial charge in [0.25, 0.3) is 15.9 Å². The minimum Gasteiger partial charge on any atom is -0.467 e. The molecule has 0 aromatic heterocycles. The van der Waals surface area contributed by atoms with E-state index in [-0.39, 0.29) is 17.4 Å². The normalized spacial score (nSPS) is 20.0. The van der Waals surface area contributed by atoms with Crippen LogP contribution in [0.1, 0.15) is 12.8 Å². The Morgan fingerprint density at radius 1 is 1.26 bits per heavy atom. The first-order valence-electron chi connectivity index (χ1n) is 9.78. The summed E-state index contributed by atoms with van der Waals surface area (Å²) in [4.78, 5) is 23.2. The summed E-state index contributed by atoms with van der Waals surface area (Å²) in [6.45, 7) is 4.95. The van der Waals surface area contributed by atoms with Crippen LogP contribution in [-0.4, -0.2) is 65.9 Å². The quantitative estimate of drug-likeness (QED) is 0.206. The number of rotatable bonds is 14. The van der Waals surface area contributed by atoms with E-state index < -0.39 is 27.4 Å². The van der Waals surface area contributed by atoms with E-state index in [1.807, 2.05) is 0 Å². The lowest BCUT2D eigenvalue weighted by atomic mass is 10.2. The predicted octanol–water partition coefficient (Wildman–Crippen LogP) is 0.403. The lowest BCUT2D eigenvalue weighted by molar-refractivity contribution is -0.146. The number of benzene rings is 1. The third kappa shape index (κ3) is 7.03. The molecule has 0 aliphatic heterocycles. The topological polar surface area (TPSA) is 146 Å². The maximum Gasteiger partial charge on any atom is 0.331 e. The van der Waals surface area contributed by atoms with E-state index in [1.54, 1.807) is 24.3 Å². The number of esters is 1. The van der Waals surface area contributed by atoms with Crippen molar-refractivity contribution in [2.24, 2.45) is 11.7 Å². The van der Waals surface area contributed by atoms with Gasteiger partial charge in [0, 0.05) is 25.7 Å². The Labute approximate surface area is 182 Å². The van der Waals surface area contributed by atoms with Crippen molar-refractivity contribution in [2.45, 2.75) is 23.3 Å². The van der Waals surface area contributed by atoms with E-state index >= 15 is 0 Å². The Bertz CT molecular complexity index is 891. The SMILES string of the molecule is C=C[C@@H]1C[C@@]1(N)C(=O)NS(=O)(=O)c1ccccc1NCCOCCCOCC(=O)OC. The average Bonchev–Trinajstić information content (AvgIpc) is 3.44. The molecule has 0 unspecified atom stereocenters. The van der Waals surface area contributed by atoms with Gasteiger partial charge in [0.1, 0.15) is 17.0 Å². The standard InChI is InChI=1S/C20H29N3O7S/c1-3-15-13-20(15,21)19(25)23-31(26,27)17-8-5-4-7-16(17)22-9-12-29-10-6-11-30-14-18(24)28-2/h3-5,7-8,15,22H,1,6,9-14,21H2,2H3,(H,23,25)/t15-,20+/m1/s1. The van der Waals surface area contributed by atoms with Crippen molar-refractivity contribution in [3.05, 3.63) is 36.9 Å². The van der Waals surface area contributed by atoms with Gasteiger partial charge in [0.05, 0.1) is 19.4 Å². The highest BCUT2D eigenvalue weighted by Gasteiger charge is 2.56. The molecule has 0 heterocycles. The fourth-order valence-corrected chi connectivity index (χ4v) is 4.05. The van der Waals surface area contributed by atoms with Gasteiger partial charge in [-0.2, -0.15) is 0 Å². The van der Waals surface area contributed by atoms with Crippen LogP contribution in [0.5, 0.6) is 0 Å². The third-order valence-corrected chi connectivity index (χ3v) is 6.15. The van der Waals surface area contributed by atoms with Crippen molar-refractivity contribution < 1.29 is 32.2 Å². The molecule has 1 saturated carbocycles. The van der Waals surface area contributed by atoms with Crippen molar-refractivity contribution in [1.82, 2.24) is 4.72 Å². The van der Waals surface area contributed by atoms with Crippen LogP contribution in [0.2, 0.25) is 0 Å². The molecule has 2 atom stereocenters. The highest BCUT2D eigenvalue weighted by atomic mass is 32.2. The minimum atomic E-state index is -4.10. The molecule has 0 bridgehead atoms. The zero-order valence-corrected chi connectivity index (χ0v) is 18.3. The van der Waals surface area contributed by atoms with Gasteiger partial charge in [-0.05, 0) is 25.0 Å². The number of anilines is 1. The molecule has 1 amide bonds. The zero-order chi connectivity index (χ0) is 22.9. The number of carbonyl (C=O) groups excluding carboxylic acids is 2.